The van der Waals surface area contributed by atoms with E-state index in [1.54, 1.807) is 0 Å². The van der Waals surface area contributed by atoms with Gasteiger partial charge in [0.1, 0.15) is 0 Å². The number of para-hydroxylation sites is 2. The van der Waals surface area contributed by atoms with Gasteiger partial charge in [0.05, 0.1) is 11.1 Å². The van der Waals surface area contributed by atoms with Crippen molar-refractivity contribution < 1.29 is 4.79 Å². The molecular formula is C20H18N2O. The molecule has 0 spiro atoms. The fourth-order valence-electron chi connectivity index (χ4n) is 3.49. The van der Waals surface area contributed by atoms with Gasteiger partial charge in [-0.05, 0) is 44.0 Å². The van der Waals surface area contributed by atoms with Gasteiger partial charge in [0.15, 0.2) is 0 Å². The highest BCUT2D eigenvalue weighted by atomic mass is 16.2. The summed E-state index contributed by atoms with van der Waals surface area (Å²) >= 11 is 0. The van der Waals surface area contributed by atoms with Crippen molar-refractivity contribution >= 4 is 22.5 Å². The number of carbonyl (C=O) groups is 1. The highest BCUT2D eigenvalue weighted by Crippen LogP contribution is 2.34. The molecule has 0 aliphatic carbocycles. The molecule has 0 radical (unpaired) electrons. The fraction of sp³-hybridized carbons (Fsp3) is 0.200. The fourth-order valence-corrected chi connectivity index (χ4v) is 3.49. The first-order valence-electron chi connectivity index (χ1n) is 7.93. The summed E-state index contributed by atoms with van der Waals surface area (Å²) in [4.78, 5) is 19.7. The average Bonchev–Trinajstić information content (AvgIpc) is 2.89. The summed E-state index contributed by atoms with van der Waals surface area (Å²) in [5, 5.41) is 0.916. The Labute approximate surface area is 135 Å². The molecule has 0 bridgehead atoms. The summed E-state index contributed by atoms with van der Waals surface area (Å²) in [6, 6.07) is 18.1. The Kier molecular flexibility index (Phi) is 3.15. The summed E-state index contributed by atoms with van der Waals surface area (Å²) in [6.45, 7) is 4.04. The lowest BCUT2D eigenvalue weighted by Crippen LogP contribution is -2.35. The minimum Gasteiger partial charge on any atom is -0.305 e. The second-order valence-corrected chi connectivity index (χ2v) is 6.19. The summed E-state index contributed by atoms with van der Waals surface area (Å²) in [6.07, 6.45) is 0.907. The van der Waals surface area contributed by atoms with Gasteiger partial charge in [-0.3, -0.25) is 9.78 Å². The number of amides is 1. The zero-order chi connectivity index (χ0) is 16.0. The van der Waals surface area contributed by atoms with E-state index < -0.39 is 0 Å². The molecule has 1 aliphatic heterocycles. The Balaban J connectivity index is 1.87. The lowest BCUT2D eigenvalue weighted by molar-refractivity contribution is 0.0983. The van der Waals surface area contributed by atoms with Gasteiger partial charge in [0, 0.05) is 22.8 Å². The van der Waals surface area contributed by atoms with E-state index in [1.807, 2.05) is 60.4 Å². The predicted octanol–water partition coefficient (Wildman–Crippen LogP) is 4.13. The molecule has 3 heteroatoms. The molecule has 3 aromatic rings. The molecular weight excluding hydrogens is 284 g/mol. The van der Waals surface area contributed by atoms with Crippen LogP contribution in [-0.2, 0) is 6.42 Å². The molecule has 0 saturated carbocycles. The molecule has 4 rings (SSSR count). The lowest BCUT2D eigenvalue weighted by Gasteiger charge is -2.23. The second kappa shape index (κ2) is 5.20. The van der Waals surface area contributed by atoms with Gasteiger partial charge in [-0.25, -0.2) is 0 Å². The summed E-state index contributed by atoms with van der Waals surface area (Å²) in [7, 11) is 0. The smallest absolute Gasteiger partial charge is 0.259 e. The molecule has 1 atom stereocenters. The van der Waals surface area contributed by atoms with Crippen molar-refractivity contribution in [3.63, 3.8) is 0 Å². The molecule has 114 valence electrons. The highest BCUT2D eigenvalue weighted by Gasteiger charge is 2.32. The van der Waals surface area contributed by atoms with Gasteiger partial charge >= 0.3 is 0 Å². The van der Waals surface area contributed by atoms with Gasteiger partial charge in [-0.15, -0.1) is 0 Å². The van der Waals surface area contributed by atoms with E-state index in [1.165, 1.54) is 5.56 Å². The standard InChI is InChI=1S/C20H18N2O/c1-13-11-17(16-8-4-5-9-18(16)21-13)20(23)22-14(2)12-15-7-3-6-10-19(15)22/h3-11,14H,12H2,1-2H3. The number of fused-ring (bicyclic) bond motifs is 2. The molecule has 23 heavy (non-hydrogen) atoms. The second-order valence-electron chi connectivity index (χ2n) is 6.19. The number of hydrogen-bond acceptors (Lipinski definition) is 2. The number of nitrogens with zero attached hydrogens (tertiary/aromatic N) is 2. The van der Waals surface area contributed by atoms with Gasteiger partial charge in [-0.1, -0.05) is 36.4 Å². The van der Waals surface area contributed by atoms with Crippen LogP contribution in [0.4, 0.5) is 5.69 Å². The van der Waals surface area contributed by atoms with Crippen LogP contribution in [0.25, 0.3) is 10.9 Å². The number of benzene rings is 2. The quantitative estimate of drug-likeness (QED) is 0.677. The van der Waals surface area contributed by atoms with Crippen molar-refractivity contribution in [1.82, 2.24) is 4.98 Å². The van der Waals surface area contributed by atoms with Crippen molar-refractivity contribution in [1.29, 1.82) is 0 Å². The molecule has 2 heterocycles. The van der Waals surface area contributed by atoms with Crippen LogP contribution in [0.2, 0.25) is 0 Å². The van der Waals surface area contributed by atoms with Gasteiger partial charge in [0.25, 0.3) is 5.91 Å². The predicted molar refractivity (Wildman–Crippen MR) is 92.9 cm³/mol. The third-order valence-corrected chi connectivity index (χ3v) is 4.50. The average molecular weight is 302 g/mol. The van der Waals surface area contributed by atoms with Crippen LogP contribution >= 0.6 is 0 Å². The largest absolute Gasteiger partial charge is 0.305 e. The first kappa shape index (κ1) is 13.9. The van der Waals surface area contributed by atoms with E-state index in [9.17, 15) is 4.79 Å². The van der Waals surface area contributed by atoms with Crippen LogP contribution in [-0.4, -0.2) is 16.9 Å². The van der Waals surface area contributed by atoms with E-state index in [4.69, 9.17) is 0 Å². The van der Waals surface area contributed by atoms with Crippen molar-refractivity contribution in [2.24, 2.45) is 0 Å². The zero-order valence-corrected chi connectivity index (χ0v) is 13.3. The van der Waals surface area contributed by atoms with Crippen LogP contribution in [0.5, 0.6) is 0 Å². The summed E-state index contributed by atoms with van der Waals surface area (Å²) in [5.41, 5.74) is 4.74. The van der Waals surface area contributed by atoms with Crippen molar-refractivity contribution in [2.45, 2.75) is 26.3 Å². The first-order valence-corrected chi connectivity index (χ1v) is 7.93. The maximum Gasteiger partial charge on any atom is 0.259 e. The molecule has 1 aliphatic rings. The molecule has 1 unspecified atom stereocenters. The number of carbonyl (C=O) groups excluding carboxylic acids is 1. The van der Waals surface area contributed by atoms with E-state index in [0.717, 1.165) is 34.3 Å². The number of anilines is 1. The summed E-state index contributed by atoms with van der Waals surface area (Å²) < 4.78 is 0. The Morgan fingerprint density at radius 2 is 1.87 bits per heavy atom. The minimum atomic E-state index is 0.0594. The molecule has 2 aromatic carbocycles. The molecule has 3 nitrogen and oxygen atoms in total. The van der Waals surface area contributed by atoms with Gasteiger partial charge in [0.2, 0.25) is 0 Å². The SMILES string of the molecule is Cc1cc(C(=O)N2c3ccccc3CC2C)c2ccccc2n1. The van der Waals surface area contributed by atoms with Crippen LogP contribution < -0.4 is 4.90 Å². The Hall–Kier alpha value is -2.68. The van der Waals surface area contributed by atoms with Crippen molar-refractivity contribution in [2.75, 3.05) is 4.90 Å². The van der Waals surface area contributed by atoms with Crippen molar-refractivity contribution in [3.8, 4) is 0 Å². The van der Waals surface area contributed by atoms with E-state index >= 15 is 0 Å². The van der Waals surface area contributed by atoms with Gasteiger partial charge < -0.3 is 4.90 Å². The van der Waals surface area contributed by atoms with Crippen molar-refractivity contribution in [3.05, 3.63) is 71.4 Å². The van der Waals surface area contributed by atoms with Crippen LogP contribution in [0.3, 0.4) is 0 Å². The lowest BCUT2D eigenvalue weighted by atomic mass is 10.1. The maximum atomic E-state index is 13.3. The minimum absolute atomic E-state index is 0.0594. The van der Waals surface area contributed by atoms with E-state index in [2.05, 4.69) is 18.0 Å². The van der Waals surface area contributed by atoms with Crippen LogP contribution in [0, 0.1) is 6.92 Å². The van der Waals surface area contributed by atoms with Crippen LogP contribution in [0.15, 0.2) is 54.6 Å². The number of rotatable bonds is 1. The topological polar surface area (TPSA) is 33.2 Å². The third-order valence-electron chi connectivity index (χ3n) is 4.50. The number of hydrogen-bond donors (Lipinski definition) is 0. The first-order chi connectivity index (χ1) is 11.1. The monoisotopic (exact) mass is 302 g/mol. The Morgan fingerprint density at radius 1 is 1.13 bits per heavy atom. The van der Waals surface area contributed by atoms with E-state index in [-0.39, 0.29) is 11.9 Å². The molecule has 1 amide bonds. The van der Waals surface area contributed by atoms with Gasteiger partial charge in [-0.2, -0.15) is 0 Å². The molecule has 1 aromatic heterocycles. The Morgan fingerprint density at radius 3 is 2.74 bits per heavy atom. The highest BCUT2D eigenvalue weighted by molar-refractivity contribution is 6.14. The normalized spacial score (nSPS) is 16.6. The number of pyridine rings is 1. The summed E-state index contributed by atoms with van der Waals surface area (Å²) in [5.74, 6) is 0.0594. The van der Waals surface area contributed by atoms with Crippen LogP contribution in [0.1, 0.15) is 28.5 Å². The number of aryl methyl sites for hydroxylation is 1. The molecule has 0 fully saturated rings. The zero-order valence-electron chi connectivity index (χ0n) is 13.3. The molecule has 0 saturated heterocycles. The molecule has 0 N–H and O–H groups in total. The third kappa shape index (κ3) is 2.20. The van der Waals surface area contributed by atoms with E-state index in [0.29, 0.717) is 0 Å². The Bertz CT molecular complexity index is 916. The number of aromatic nitrogens is 1. The maximum absolute atomic E-state index is 13.3.